The fraction of sp³-hybridized carbons (Fsp3) is 0.600. The second-order valence-corrected chi connectivity index (χ2v) is 7.56. The maximum atomic E-state index is 13.2. The van der Waals surface area contributed by atoms with E-state index < -0.39 is 0 Å². The van der Waals surface area contributed by atoms with E-state index in [2.05, 4.69) is 6.07 Å². The Labute approximate surface area is 150 Å². The van der Waals surface area contributed by atoms with Gasteiger partial charge in [0, 0.05) is 32.1 Å². The third-order valence-electron chi connectivity index (χ3n) is 5.15. The van der Waals surface area contributed by atoms with E-state index in [1.807, 2.05) is 53.9 Å². The molecule has 5 heteroatoms. The summed E-state index contributed by atoms with van der Waals surface area (Å²) in [7, 11) is 3.90. The van der Waals surface area contributed by atoms with Crippen molar-refractivity contribution in [1.29, 1.82) is 0 Å². The van der Waals surface area contributed by atoms with Crippen molar-refractivity contribution in [2.75, 3.05) is 40.3 Å². The minimum atomic E-state index is -0.273. The number of carbonyl (C=O) groups is 2. The largest absolute Gasteiger partial charge is 0.341 e. The summed E-state index contributed by atoms with van der Waals surface area (Å²) < 4.78 is 0. The average molecular weight is 343 g/mol. The number of hydrogen-bond donors (Lipinski definition) is 0. The van der Waals surface area contributed by atoms with E-state index in [1.165, 1.54) is 0 Å². The predicted octanol–water partition coefficient (Wildman–Crippen LogP) is 2.07. The topological polar surface area (TPSA) is 43.9 Å². The summed E-state index contributed by atoms with van der Waals surface area (Å²) in [5.74, 6) is 0.678. The van der Waals surface area contributed by atoms with Gasteiger partial charge in [0.25, 0.3) is 0 Å². The quantitative estimate of drug-likeness (QED) is 0.841. The highest BCUT2D eigenvalue weighted by Crippen LogP contribution is 2.31. The lowest BCUT2D eigenvalue weighted by atomic mass is 10.0. The van der Waals surface area contributed by atoms with E-state index in [9.17, 15) is 9.59 Å². The number of rotatable bonds is 4. The summed E-state index contributed by atoms with van der Waals surface area (Å²) in [6.45, 7) is 4.84. The summed E-state index contributed by atoms with van der Waals surface area (Å²) in [6.07, 6.45) is 2.93. The molecule has 25 heavy (non-hydrogen) atoms. The van der Waals surface area contributed by atoms with Crippen LogP contribution in [0.5, 0.6) is 0 Å². The maximum absolute atomic E-state index is 13.2. The molecule has 2 aliphatic rings. The minimum Gasteiger partial charge on any atom is -0.341 e. The minimum absolute atomic E-state index is 0.135. The van der Waals surface area contributed by atoms with Crippen LogP contribution in [0.15, 0.2) is 24.3 Å². The van der Waals surface area contributed by atoms with Crippen LogP contribution >= 0.6 is 0 Å². The molecule has 1 unspecified atom stereocenters. The number of likely N-dealkylation sites (N-methyl/N-ethyl adjacent to an activating group) is 1. The molecule has 1 atom stereocenters. The van der Waals surface area contributed by atoms with E-state index in [0.717, 1.165) is 43.5 Å². The molecule has 0 aromatic heterocycles. The first kappa shape index (κ1) is 17.9. The second kappa shape index (κ2) is 7.56. The van der Waals surface area contributed by atoms with Gasteiger partial charge in [0.05, 0.1) is 0 Å². The van der Waals surface area contributed by atoms with E-state index in [1.54, 1.807) is 0 Å². The lowest BCUT2D eigenvalue weighted by Crippen LogP contribution is -2.43. The number of nitrogens with zero attached hydrogens (tertiary/aromatic N) is 3. The molecule has 1 aliphatic carbocycles. The predicted molar refractivity (Wildman–Crippen MR) is 98.1 cm³/mol. The van der Waals surface area contributed by atoms with Gasteiger partial charge >= 0.3 is 0 Å². The van der Waals surface area contributed by atoms with Gasteiger partial charge in [0.1, 0.15) is 6.04 Å². The Balaban J connectivity index is 1.70. The monoisotopic (exact) mass is 343 g/mol. The first-order valence-electron chi connectivity index (χ1n) is 9.28. The Hall–Kier alpha value is -1.88. The highest BCUT2D eigenvalue weighted by atomic mass is 16.2. The molecular weight excluding hydrogens is 314 g/mol. The lowest BCUT2D eigenvalue weighted by molar-refractivity contribution is -0.137. The molecule has 1 aromatic rings. The summed E-state index contributed by atoms with van der Waals surface area (Å²) in [5.41, 5.74) is 2.19. The first-order chi connectivity index (χ1) is 12.0. The standard InChI is InChI=1S/C20H29N3O2/c1-15-6-4-7-17(14-15)18(21(2)3)20(25)23-11-5-10-22(12-13-23)19(24)16-8-9-16/h4,6-7,14,16,18H,5,8-13H2,1-3H3. The summed E-state index contributed by atoms with van der Waals surface area (Å²) in [6, 6.07) is 7.89. The molecule has 1 saturated heterocycles. The van der Waals surface area contributed by atoms with Crippen molar-refractivity contribution in [3.63, 3.8) is 0 Å². The van der Waals surface area contributed by atoms with E-state index in [-0.39, 0.29) is 23.8 Å². The van der Waals surface area contributed by atoms with Gasteiger partial charge in [-0.25, -0.2) is 0 Å². The van der Waals surface area contributed by atoms with E-state index >= 15 is 0 Å². The zero-order valence-corrected chi connectivity index (χ0v) is 15.6. The molecule has 1 aromatic carbocycles. The van der Waals surface area contributed by atoms with Crippen molar-refractivity contribution in [1.82, 2.24) is 14.7 Å². The highest BCUT2D eigenvalue weighted by Gasteiger charge is 2.35. The summed E-state index contributed by atoms with van der Waals surface area (Å²) in [4.78, 5) is 31.4. The van der Waals surface area contributed by atoms with Gasteiger partial charge in [-0.15, -0.1) is 0 Å². The molecule has 0 N–H and O–H groups in total. The molecule has 1 heterocycles. The van der Waals surface area contributed by atoms with Gasteiger partial charge in [0.15, 0.2) is 0 Å². The Morgan fingerprint density at radius 2 is 1.76 bits per heavy atom. The van der Waals surface area contributed by atoms with Crippen LogP contribution in [-0.2, 0) is 9.59 Å². The maximum Gasteiger partial charge on any atom is 0.244 e. The number of aryl methyl sites for hydroxylation is 1. The Morgan fingerprint density at radius 1 is 1.08 bits per heavy atom. The molecule has 1 aliphatic heterocycles. The van der Waals surface area contributed by atoms with Crippen LogP contribution < -0.4 is 0 Å². The third kappa shape index (κ3) is 4.21. The number of carbonyl (C=O) groups excluding carboxylic acids is 2. The van der Waals surface area contributed by atoms with Gasteiger partial charge in [-0.05, 0) is 45.8 Å². The molecule has 136 valence electrons. The van der Waals surface area contributed by atoms with Crippen LogP contribution in [0.25, 0.3) is 0 Å². The van der Waals surface area contributed by atoms with E-state index in [0.29, 0.717) is 13.1 Å². The van der Waals surface area contributed by atoms with Gasteiger partial charge in [-0.2, -0.15) is 0 Å². The molecule has 0 radical (unpaired) electrons. The molecule has 0 spiro atoms. The third-order valence-corrected chi connectivity index (χ3v) is 5.15. The summed E-state index contributed by atoms with van der Waals surface area (Å²) >= 11 is 0. The molecule has 2 amide bonds. The molecule has 1 saturated carbocycles. The Kier molecular flexibility index (Phi) is 5.42. The Bertz CT molecular complexity index is 640. The van der Waals surface area contributed by atoms with Crippen molar-refractivity contribution < 1.29 is 9.59 Å². The van der Waals surface area contributed by atoms with Crippen LogP contribution in [-0.4, -0.2) is 66.8 Å². The van der Waals surface area contributed by atoms with Crippen LogP contribution in [0.4, 0.5) is 0 Å². The number of benzene rings is 1. The SMILES string of the molecule is Cc1cccc(C(C(=O)N2CCCN(C(=O)C3CC3)CC2)N(C)C)c1. The fourth-order valence-electron chi connectivity index (χ4n) is 3.62. The number of amides is 2. The zero-order chi connectivity index (χ0) is 18.0. The van der Waals surface area contributed by atoms with Crippen molar-refractivity contribution >= 4 is 11.8 Å². The normalized spacial score (nSPS) is 19.7. The highest BCUT2D eigenvalue weighted by molar-refractivity contribution is 5.84. The van der Waals surface area contributed by atoms with Crippen LogP contribution in [0.2, 0.25) is 0 Å². The lowest BCUT2D eigenvalue weighted by Gasteiger charge is -2.30. The molecule has 0 bridgehead atoms. The Morgan fingerprint density at radius 3 is 2.40 bits per heavy atom. The van der Waals surface area contributed by atoms with Crippen LogP contribution in [0.3, 0.4) is 0 Å². The van der Waals surface area contributed by atoms with E-state index in [4.69, 9.17) is 0 Å². The van der Waals surface area contributed by atoms with Crippen molar-refractivity contribution in [3.05, 3.63) is 35.4 Å². The zero-order valence-electron chi connectivity index (χ0n) is 15.6. The number of hydrogen-bond acceptors (Lipinski definition) is 3. The first-order valence-corrected chi connectivity index (χ1v) is 9.28. The van der Waals surface area contributed by atoms with Gasteiger partial charge in [-0.1, -0.05) is 29.8 Å². The van der Waals surface area contributed by atoms with Crippen molar-refractivity contribution in [2.45, 2.75) is 32.2 Å². The average Bonchev–Trinajstić information content (AvgIpc) is 3.41. The molecular formula is C20H29N3O2. The van der Waals surface area contributed by atoms with Crippen LogP contribution in [0.1, 0.15) is 36.4 Å². The smallest absolute Gasteiger partial charge is 0.244 e. The van der Waals surface area contributed by atoms with Crippen LogP contribution in [0, 0.1) is 12.8 Å². The van der Waals surface area contributed by atoms with Gasteiger partial charge in [0.2, 0.25) is 11.8 Å². The second-order valence-electron chi connectivity index (χ2n) is 7.56. The molecule has 3 rings (SSSR count). The van der Waals surface area contributed by atoms with Crippen molar-refractivity contribution in [2.24, 2.45) is 5.92 Å². The summed E-state index contributed by atoms with van der Waals surface area (Å²) in [5, 5.41) is 0. The fourth-order valence-corrected chi connectivity index (χ4v) is 3.62. The van der Waals surface area contributed by atoms with Crippen molar-refractivity contribution in [3.8, 4) is 0 Å². The van der Waals surface area contributed by atoms with Gasteiger partial charge in [-0.3, -0.25) is 14.5 Å². The molecule has 2 fully saturated rings. The molecule has 5 nitrogen and oxygen atoms in total. The van der Waals surface area contributed by atoms with Gasteiger partial charge < -0.3 is 9.80 Å².